The molecule has 0 aromatic heterocycles. The Morgan fingerprint density at radius 1 is 1.04 bits per heavy atom. The van der Waals surface area contributed by atoms with Crippen molar-refractivity contribution < 1.29 is 28.5 Å². The van der Waals surface area contributed by atoms with Crippen LogP contribution in [0.1, 0.15) is 17.3 Å². The maximum Gasteiger partial charge on any atom is 0.347 e. The molecule has 1 atom stereocenters. The molecule has 1 heterocycles. The SMILES string of the molecule is C[C@H](Oc1ccccc1)C(=O)OCC(=O)c1ccc2c(c1)OCCO2. The lowest BCUT2D eigenvalue weighted by Crippen LogP contribution is -2.28. The molecule has 6 heteroatoms. The van der Waals surface area contributed by atoms with Gasteiger partial charge in [0.2, 0.25) is 0 Å². The van der Waals surface area contributed by atoms with E-state index < -0.39 is 12.1 Å². The average molecular weight is 342 g/mol. The number of ketones is 1. The summed E-state index contributed by atoms with van der Waals surface area (Å²) < 4.78 is 21.4. The van der Waals surface area contributed by atoms with Crippen molar-refractivity contribution in [3.63, 3.8) is 0 Å². The number of Topliss-reactive ketones (excluding diaryl/α,β-unsaturated/α-hetero) is 1. The molecular weight excluding hydrogens is 324 g/mol. The Bertz CT molecular complexity index is 756. The monoisotopic (exact) mass is 342 g/mol. The van der Waals surface area contributed by atoms with Crippen LogP contribution in [0.2, 0.25) is 0 Å². The van der Waals surface area contributed by atoms with Crippen molar-refractivity contribution >= 4 is 11.8 Å². The number of rotatable bonds is 6. The van der Waals surface area contributed by atoms with Crippen LogP contribution in [0, 0.1) is 0 Å². The van der Waals surface area contributed by atoms with Crippen LogP contribution in [0.25, 0.3) is 0 Å². The Morgan fingerprint density at radius 3 is 2.52 bits per heavy atom. The van der Waals surface area contributed by atoms with Gasteiger partial charge >= 0.3 is 5.97 Å². The molecule has 0 bridgehead atoms. The third kappa shape index (κ3) is 4.29. The maximum absolute atomic E-state index is 12.2. The first-order valence-corrected chi connectivity index (χ1v) is 7.94. The van der Waals surface area contributed by atoms with Crippen molar-refractivity contribution in [3.05, 3.63) is 54.1 Å². The van der Waals surface area contributed by atoms with E-state index in [-0.39, 0.29) is 12.4 Å². The first-order chi connectivity index (χ1) is 12.1. The second-order valence-electron chi connectivity index (χ2n) is 5.46. The maximum atomic E-state index is 12.2. The number of esters is 1. The molecule has 1 aliphatic heterocycles. The van der Waals surface area contributed by atoms with E-state index in [4.69, 9.17) is 18.9 Å². The largest absolute Gasteiger partial charge is 0.486 e. The third-order valence-corrected chi connectivity index (χ3v) is 3.60. The predicted octanol–water partition coefficient (Wildman–Crippen LogP) is 2.65. The van der Waals surface area contributed by atoms with Crippen molar-refractivity contribution in [2.45, 2.75) is 13.0 Å². The molecule has 0 aliphatic carbocycles. The summed E-state index contributed by atoms with van der Waals surface area (Å²) in [6, 6.07) is 13.8. The van der Waals surface area contributed by atoms with Gasteiger partial charge in [-0.2, -0.15) is 0 Å². The normalized spacial score (nSPS) is 13.6. The standard InChI is InChI=1S/C19H18O6/c1-13(25-15-5-3-2-4-6-15)19(21)24-12-16(20)14-7-8-17-18(11-14)23-10-9-22-17/h2-8,11,13H,9-10,12H2,1H3/t13-/m0/s1. The molecule has 0 unspecified atom stereocenters. The second-order valence-corrected chi connectivity index (χ2v) is 5.46. The topological polar surface area (TPSA) is 71.1 Å². The summed E-state index contributed by atoms with van der Waals surface area (Å²) in [7, 11) is 0. The van der Waals surface area contributed by atoms with Gasteiger partial charge in [0.05, 0.1) is 0 Å². The number of hydrogen-bond acceptors (Lipinski definition) is 6. The number of ether oxygens (including phenoxy) is 4. The van der Waals surface area contributed by atoms with E-state index >= 15 is 0 Å². The van der Waals surface area contributed by atoms with E-state index in [2.05, 4.69) is 0 Å². The van der Waals surface area contributed by atoms with Gasteiger partial charge in [-0.05, 0) is 37.3 Å². The van der Waals surface area contributed by atoms with Crippen molar-refractivity contribution in [1.29, 1.82) is 0 Å². The lowest BCUT2D eigenvalue weighted by atomic mass is 10.1. The highest BCUT2D eigenvalue weighted by atomic mass is 16.6. The summed E-state index contributed by atoms with van der Waals surface area (Å²) in [5.41, 5.74) is 0.397. The van der Waals surface area contributed by atoms with Crippen molar-refractivity contribution in [2.75, 3.05) is 19.8 Å². The summed E-state index contributed by atoms with van der Waals surface area (Å²) in [4.78, 5) is 24.2. The number of benzene rings is 2. The van der Waals surface area contributed by atoms with Crippen LogP contribution in [0.3, 0.4) is 0 Å². The fourth-order valence-electron chi connectivity index (χ4n) is 2.31. The summed E-state index contributed by atoms with van der Waals surface area (Å²) in [5.74, 6) is 0.756. The van der Waals surface area contributed by atoms with Crippen LogP contribution in [0.5, 0.6) is 17.2 Å². The molecule has 2 aromatic carbocycles. The van der Waals surface area contributed by atoms with Gasteiger partial charge in [0.25, 0.3) is 0 Å². The molecule has 0 N–H and O–H groups in total. The lowest BCUT2D eigenvalue weighted by molar-refractivity contribution is -0.149. The first-order valence-electron chi connectivity index (χ1n) is 7.94. The van der Waals surface area contributed by atoms with E-state index in [0.717, 1.165) is 0 Å². The molecular formula is C19H18O6. The van der Waals surface area contributed by atoms with E-state index in [1.165, 1.54) is 0 Å². The average Bonchev–Trinajstić information content (AvgIpc) is 2.66. The zero-order valence-electron chi connectivity index (χ0n) is 13.8. The highest BCUT2D eigenvalue weighted by Crippen LogP contribution is 2.30. The van der Waals surface area contributed by atoms with Crippen LogP contribution in [-0.4, -0.2) is 37.7 Å². The molecule has 1 aliphatic rings. The molecule has 0 radical (unpaired) electrons. The Balaban J connectivity index is 1.54. The zero-order valence-corrected chi connectivity index (χ0v) is 13.8. The second kappa shape index (κ2) is 7.70. The Labute approximate surface area is 145 Å². The molecule has 130 valence electrons. The Hall–Kier alpha value is -3.02. The Kier molecular flexibility index (Phi) is 5.18. The molecule has 0 saturated heterocycles. The molecule has 25 heavy (non-hydrogen) atoms. The summed E-state index contributed by atoms with van der Waals surface area (Å²) in [6.45, 7) is 2.13. The van der Waals surface area contributed by atoms with Crippen LogP contribution >= 0.6 is 0 Å². The molecule has 0 fully saturated rings. The van der Waals surface area contributed by atoms with Crippen molar-refractivity contribution in [1.82, 2.24) is 0 Å². The fourth-order valence-corrected chi connectivity index (χ4v) is 2.31. The highest BCUT2D eigenvalue weighted by Gasteiger charge is 2.20. The van der Waals surface area contributed by atoms with Crippen LogP contribution in [0.4, 0.5) is 0 Å². The van der Waals surface area contributed by atoms with Crippen LogP contribution in [0.15, 0.2) is 48.5 Å². The predicted molar refractivity (Wildman–Crippen MR) is 89.3 cm³/mol. The molecule has 2 aromatic rings. The molecule has 0 amide bonds. The van der Waals surface area contributed by atoms with E-state index in [1.54, 1.807) is 49.4 Å². The van der Waals surface area contributed by atoms with Gasteiger partial charge in [0, 0.05) is 5.56 Å². The minimum absolute atomic E-state index is 0.322. The van der Waals surface area contributed by atoms with Gasteiger partial charge in [-0.25, -0.2) is 4.79 Å². The minimum Gasteiger partial charge on any atom is -0.486 e. The number of carbonyl (C=O) groups is 2. The van der Waals surface area contributed by atoms with Gasteiger partial charge in [-0.3, -0.25) is 4.79 Å². The zero-order chi connectivity index (χ0) is 17.6. The van der Waals surface area contributed by atoms with E-state index in [9.17, 15) is 9.59 Å². The number of carbonyl (C=O) groups excluding carboxylic acids is 2. The fraction of sp³-hybridized carbons (Fsp3) is 0.263. The number of para-hydroxylation sites is 1. The highest BCUT2D eigenvalue weighted by molar-refractivity contribution is 5.98. The van der Waals surface area contributed by atoms with Gasteiger partial charge in [0.1, 0.15) is 19.0 Å². The first kappa shape index (κ1) is 16.8. The number of hydrogen-bond donors (Lipinski definition) is 0. The number of fused-ring (bicyclic) bond motifs is 1. The molecule has 3 rings (SSSR count). The van der Waals surface area contributed by atoms with E-state index in [1.807, 2.05) is 6.07 Å². The quantitative estimate of drug-likeness (QED) is 0.594. The van der Waals surface area contributed by atoms with Crippen molar-refractivity contribution in [2.24, 2.45) is 0 Å². The van der Waals surface area contributed by atoms with Crippen LogP contribution in [-0.2, 0) is 9.53 Å². The van der Waals surface area contributed by atoms with E-state index in [0.29, 0.717) is 36.0 Å². The minimum atomic E-state index is -0.810. The van der Waals surface area contributed by atoms with Crippen LogP contribution < -0.4 is 14.2 Å². The summed E-state index contributed by atoms with van der Waals surface area (Å²) in [6.07, 6.45) is -0.810. The smallest absolute Gasteiger partial charge is 0.347 e. The molecule has 0 saturated carbocycles. The molecule has 0 spiro atoms. The van der Waals surface area contributed by atoms with Crippen molar-refractivity contribution in [3.8, 4) is 17.2 Å². The molecule has 6 nitrogen and oxygen atoms in total. The van der Waals surface area contributed by atoms with Gasteiger partial charge < -0.3 is 18.9 Å². The summed E-state index contributed by atoms with van der Waals surface area (Å²) >= 11 is 0. The Morgan fingerprint density at radius 2 is 1.76 bits per heavy atom. The van der Waals surface area contributed by atoms with Gasteiger partial charge in [-0.15, -0.1) is 0 Å². The van der Waals surface area contributed by atoms with Gasteiger partial charge in [-0.1, -0.05) is 18.2 Å². The summed E-state index contributed by atoms with van der Waals surface area (Å²) in [5, 5.41) is 0. The third-order valence-electron chi connectivity index (χ3n) is 3.60. The van der Waals surface area contributed by atoms with Gasteiger partial charge in [0.15, 0.2) is 30.0 Å². The lowest BCUT2D eigenvalue weighted by Gasteiger charge is -2.18.